The highest BCUT2D eigenvalue weighted by Gasteiger charge is 2.19. The predicted octanol–water partition coefficient (Wildman–Crippen LogP) is 5.18. The molecule has 0 aromatic heterocycles. The van der Waals surface area contributed by atoms with Gasteiger partial charge in [0.2, 0.25) is 0 Å². The first-order chi connectivity index (χ1) is 10.7. The van der Waals surface area contributed by atoms with Crippen molar-refractivity contribution in [1.29, 1.82) is 0 Å². The molecule has 1 aromatic rings. The molecule has 0 fully saturated rings. The quantitative estimate of drug-likeness (QED) is 0.564. The van der Waals surface area contributed by atoms with Crippen LogP contribution < -0.4 is 14.2 Å². The van der Waals surface area contributed by atoms with Gasteiger partial charge in [0.15, 0.2) is 0 Å². The molecule has 0 saturated heterocycles. The topological polar surface area (TPSA) is 27.7 Å². The zero-order valence-corrected chi connectivity index (χ0v) is 15.0. The van der Waals surface area contributed by atoms with Crippen molar-refractivity contribution in [3.63, 3.8) is 0 Å². The van der Waals surface area contributed by atoms with Crippen LogP contribution in [0.25, 0.3) is 0 Å². The van der Waals surface area contributed by atoms with E-state index >= 15 is 0 Å². The highest BCUT2D eigenvalue weighted by atomic mass is 16.5. The molecule has 0 aliphatic carbocycles. The maximum absolute atomic E-state index is 6.08. The summed E-state index contributed by atoms with van der Waals surface area (Å²) in [6.07, 6.45) is 4.79. The second-order valence-electron chi connectivity index (χ2n) is 5.41. The highest BCUT2D eigenvalue weighted by molar-refractivity contribution is 5.57. The summed E-state index contributed by atoms with van der Waals surface area (Å²) >= 11 is 0. The molecular formula is C19H32O3. The molecule has 0 atom stereocenters. The Kier molecular flexibility index (Phi) is 8.79. The van der Waals surface area contributed by atoms with Gasteiger partial charge in [0.05, 0.1) is 19.8 Å². The minimum Gasteiger partial charge on any atom is -0.493 e. The van der Waals surface area contributed by atoms with E-state index in [0.29, 0.717) is 0 Å². The second-order valence-corrected chi connectivity index (χ2v) is 5.41. The summed E-state index contributed by atoms with van der Waals surface area (Å²) < 4.78 is 18.0. The minimum absolute atomic E-state index is 0.721. The van der Waals surface area contributed by atoms with Crippen LogP contribution in [0.5, 0.6) is 17.2 Å². The third-order valence-electron chi connectivity index (χ3n) is 3.49. The van der Waals surface area contributed by atoms with Crippen LogP contribution >= 0.6 is 0 Å². The summed E-state index contributed by atoms with van der Waals surface area (Å²) in [5, 5.41) is 0. The maximum Gasteiger partial charge on any atom is 0.133 e. The van der Waals surface area contributed by atoms with Gasteiger partial charge in [-0.15, -0.1) is 0 Å². The van der Waals surface area contributed by atoms with Gasteiger partial charge in [-0.05, 0) is 32.1 Å². The Bertz CT molecular complexity index is 407. The normalized spacial score (nSPS) is 10.6. The molecule has 0 amide bonds. The van der Waals surface area contributed by atoms with Gasteiger partial charge in [0, 0.05) is 17.2 Å². The molecule has 0 N–H and O–H groups in total. The van der Waals surface area contributed by atoms with Gasteiger partial charge in [-0.3, -0.25) is 0 Å². The first-order valence-corrected chi connectivity index (χ1v) is 8.80. The number of hydrogen-bond acceptors (Lipinski definition) is 3. The smallest absolute Gasteiger partial charge is 0.133 e. The van der Waals surface area contributed by atoms with Crippen LogP contribution in [0, 0.1) is 0 Å². The van der Waals surface area contributed by atoms with Gasteiger partial charge in [-0.2, -0.15) is 0 Å². The summed E-state index contributed by atoms with van der Waals surface area (Å²) in [6.45, 7) is 12.8. The van der Waals surface area contributed by atoms with Crippen LogP contribution in [0.1, 0.15) is 65.0 Å². The minimum atomic E-state index is 0.721. The van der Waals surface area contributed by atoms with Crippen molar-refractivity contribution in [2.45, 2.75) is 66.7 Å². The first kappa shape index (κ1) is 18.7. The monoisotopic (exact) mass is 308 g/mol. The average Bonchev–Trinajstić information content (AvgIpc) is 2.55. The molecule has 3 heteroatoms. The molecule has 1 aromatic carbocycles. The lowest BCUT2D eigenvalue weighted by molar-refractivity contribution is 0.278. The van der Waals surface area contributed by atoms with Crippen molar-refractivity contribution in [3.05, 3.63) is 17.2 Å². The molecule has 126 valence electrons. The molecule has 0 bridgehead atoms. The molecule has 0 aliphatic heterocycles. The van der Waals surface area contributed by atoms with Crippen molar-refractivity contribution in [3.8, 4) is 17.2 Å². The van der Waals surface area contributed by atoms with Crippen molar-refractivity contribution in [2.24, 2.45) is 0 Å². The lowest BCUT2D eigenvalue weighted by Gasteiger charge is -2.21. The van der Waals surface area contributed by atoms with E-state index in [1.807, 2.05) is 0 Å². The van der Waals surface area contributed by atoms with Crippen LogP contribution in [0.15, 0.2) is 6.07 Å². The molecule has 0 heterocycles. The largest absolute Gasteiger partial charge is 0.493 e. The summed E-state index contributed by atoms with van der Waals surface area (Å²) in [7, 11) is 0. The fraction of sp³-hybridized carbons (Fsp3) is 0.684. The second kappa shape index (κ2) is 10.4. The van der Waals surface area contributed by atoms with E-state index in [2.05, 4.69) is 40.7 Å². The van der Waals surface area contributed by atoms with Crippen molar-refractivity contribution in [2.75, 3.05) is 19.8 Å². The Labute approximate surface area is 136 Å². The maximum atomic E-state index is 6.08. The van der Waals surface area contributed by atoms with Crippen LogP contribution in [0.2, 0.25) is 0 Å². The number of rotatable bonds is 11. The number of benzene rings is 1. The van der Waals surface area contributed by atoms with Crippen LogP contribution in [-0.4, -0.2) is 19.8 Å². The van der Waals surface area contributed by atoms with E-state index < -0.39 is 0 Å². The van der Waals surface area contributed by atoms with E-state index in [1.54, 1.807) is 0 Å². The Morgan fingerprint density at radius 3 is 1.41 bits per heavy atom. The highest BCUT2D eigenvalue weighted by Crippen LogP contribution is 2.40. The number of ether oxygens (including phenoxy) is 3. The van der Waals surface area contributed by atoms with E-state index in [9.17, 15) is 0 Å². The Balaban J connectivity index is 3.30. The predicted molar refractivity (Wildman–Crippen MR) is 92.6 cm³/mol. The van der Waals surface area contributed by atoms with E-state index in [4.69, 9.17) is 14.2 Å². The summed E-state index contributed by atoms with van der Waals surface area (Å²) in [5.41, 5.74) is 2.34. The average molecular weight is 308 g/mol. The zero-order valence-electron chi connectivity index (χ0n) is 15.0. The molecule has 0 unspecified atom stereocenters. The Hall–Kier alpha value is -1.38. The molecule has 3 nitrogen and oxygen atoms in total. The fourth-order valence-corrected chi connectivity index (χ4v) is 2.43. The lowest BCUT2D eigenvalue weighted by atomic mass is 10.0. The third kappa shape index (κ3) is 4.82. The van der Waals surface area contributed by atoms with Gasteiger partial charge in [0.25, 0.3) is 0 Å². The Morgan fingerprint density at radius 1 is 0.636 bits per heavy atom. The van der Waals surface area contributed by atoms with Gasteiger partial charge in [0.1, 0.15) is 17.2 Å². The van der Waals surface area contributed by atoms with Gasteiger partial charge in [-0.25, -0.2) is 0 Å². The molecule has 22 heavy (non-hydrogen) atoms. The van der Waals surface area contributed by atoms with Crippen LogP contribution in [0.3, 0.4) is 0 Å². The van der Waals surface area contributed by atoms with Gasteiger partial charge < -0.3 is 14.2 Å². The van der Waals surface area contributed by atoms with Crippen LogP contribution in [0.4, 0.5) is 0 Å². The van der Waals surface area contributed by atoms with Crippen molar-refractivity contribution in [1.82, 2.24) is 0 Å². The van der Waals surface area contributed by atoms with Gasteiger partial charge in [-0.1, -0.05) is 34.6 Å². The van der Waals surface area contributed by atoms with Crippen molar-refractivity contribution >= 4 is 0 Å². The molecule has 0 saturated carbocycles. The standard InChI is InChI=1S/C19H32O3/c1-6-11-20-17-14-18(21-12-7-2)16(10-5)19(15(17)9-4)22-13-8-3/h14H,6-13H2,1-5H3. The third-order valence-corrected chi connectivity index (χ3v) is 3.49. The summed E-state index contributed by atoms with van der Waals surface area (Å²) in [5.74, 6) is 2.81. The Morgan fingerprint density at radius 2 is 1.05 bits per heavy atom. The summed E-state index contributed by atoms with van der Waals surface area (Å²) in [4.78, 5) is 0. The van der Waals surface area contributed by atoms with Gasteiger partial charge >= 0.3 is 0 Å². The molecule has 1 rings (SSSR count). The zero-order chi connectivity index (χ0) is 16.4. The van der Waals surface area contributed by atoms with Crippen LogP contribution in [-0.2, 0) is 12.8 Å². The fourth-order valence-electron chi connectivity index (χ4n) is 2.43. The number of hydrogen-bond donors (Lipinski definition) is 0. The molecule has 0 spiro atoms. The van der Waals surface area contributed by atoms with E-state index in [1.165, 1.54) is 11.1 Å². The SMILES string of the molecule is CCCOc1cc(OCCC)c(CC)c(OCCC)c1CC. The lowest BCUT2D eigenvalue weighted by Crippen LogP contribution is -2.08. The van der Waals surface area contributed by atoms with E-state index in [-0.39, 0.29) is 0 Å². The molecule has 0 radical (unpaired) electrons. The summed E-state index contributed by atoms with van der Waals surface area (Å²) in [6, 6.07) is 2.06. The molecular weight excluding hydrogens is 276 g/mol. The van der Waals surface area contributed by atoms with Crippen molar-refractivity contribution < 1.29 is 14.2 Å². The van der Waals surface area contributed by atoms with E-state index in [0.717, 1.165) is 69.2 Å². The first-order valence-electron chi connectivity index (χ1n) is 8.80. The molecule has 0 aliphatic rings.